The van der Waals surface area contributed by atoms with Gasteiger partial charge in [0, 0.05) is 24.2 Å². The molecule has 4 rings (SSSR count). The van der Waals surface area contributed by atoms with Crippen molar-refractivity contribution in [2.75, 3.05) is 7.11 Å². The van der Waals surface area contributed by atoms with Crippen molar-refractivity contribution in [3.8, 4) is 5.75 Å². The number of carbonyl (C=O) groups is 1. The van der Waals surface area contributed by atoms with Crippen molar-refractivity contribution in [2.24, 2.45) is 0 Å². The van der Waals surface area contributed by atoms with E-state index in [1.807, 2.05) is 31.2 Å². The topological polar surface area (TPSA) is 106 Å². The summed E-state index contributed by atoms with van der Waals surface area (Å²) in [6.07, 6.45) is 2.59. The Bertz CT molecular complexity index is 1260. The summed E-state index contributed by atoms with van der Waals surface area (Å²) in [7, 11) is 1.61. The number of hydrogen-bond donors (Lipinski definition) is 2. The van der Waals surface area contributed by atoms with Gasteiger partial charge in [0.2, 0.25) is 0 Å². The SMILES string of the molecule is CCn1c(=O)[nH]c(=O)c2c(C(=O)NC(C)Cc3cccc(OC)c3)cc(C3CC3)nc21. The van der Waals surface area contributed by atoms with Gasteiger partial charge in [-0.15, -0.1) is 0 Å². The molecule has 1 atom stereocenters. The molecule has 1 aliphatic rings. The second kappa shape index (κ2) is 8.37. The molecule has 0 spiro atoms. The molecule has 2 aromatic heterocycles. The second-order valence-corrected chi connectivity index (χ2v) is 8.00. The Labute approximate surface area is 179 Å². The van der Waals surface area contributed by atoms with Crippen molar-refractivity contribution in [2.45, 2.75) is 51.6 Å². The number of methoxy groups -OCH3 is 1. The molecule has 1 aliphatic carbocycles. The van der Waals surface area contributed by atoms with Crippen LogP contribution in [0.2, 0.25) is 0 Å². The molecule has 0 bridgehead atoms. The minimum atomic E-state index is -0.592. The molecule has 0 saturated heterocycles. The summed E-state index contributed by atoms with van der Waals surface area (Å²) in [6, 6.07) is 9.21. The van der Waals surface area contributed by atoms with Crippen LogP contribution in [0.3, 0.4) is 0 Å². The van der Waals surface area contributed by atoms with Crippen molar-refractivity contribution in [1.29, 1.82) is 0 Å². The lowest BCUT2D eigenvalue weighted by Gasteiger charge is -2.16. The number of amides is 1. The van der Waals surface area contributed by atoms with Gasteiger partial charge in [-0.3, -0.25) is 19.1 Å². The van der Waals surface area contributed by atoms with Crippen molar-refractivity contribution < 1.29 is 9.53 Å². The summed E-state index contributed by atoms with van der Waals surface area (Å²) in [5.74, 6) is 0.677. The summed E-state index contributed by atoms with van der Waals surface area (Å²) in [5, 5.41) is 3.14. The van der Waals surface area contributed by atoms with Gasteiger partial charge in [-0.1, -0.05) is 12.1 Å². The van der Waals surface area contributed by atoms with Gasteiger partial charge in [0.25, 0.3) is 11.5 Å². The number of carbonyl (C=O) groups excluding carboxylic acids is 1. The van der Waals surface area contributed by atoms with Gasteiger partial charge in [-0.05, 0) is 56.9 Å². The van der Waals surface area contributed by atoms with Crippen molar-refractivity contribution in [3.05, 3.63) is 68.0 Å². The molecular formula is C23H26N4O4. The van der Waals surface area contributed by atoms with Gasteiger partial charge in [0.05, 0.1) is 18.1 Å². The average Bonchev–Trinajstić information content (AvgIpc) is 3.58. The summed E-state index contributed by atoms with van der Waals surface area (Å²) in [5.41, 5.74) is 1.20. The number of nitrogens with one attached hydrogen (secondary N) is 2. The van der Waals surface area contributed by atoms with Crippen molar-refractivity contribution in [3.63, 3.8) is 0 Å². The first-order valence-electron chi connectivity index (χ1n) is 10.5. The van der Waals surface area contributed by atoms with Crippen molar-refractivity contribution in [1.82, 2.24) is 19.9 Å². The zero-order valence-electron chi connectivity index (χ0n) is 17.9. The molecular weight excluding hydrogens is 396 g/mol. The maximum Gasteiger partial charge on any atom is 0.329 e. The predicted octanol–water partition coefficient (Wildman–Crippen LogP) is 2.35. The molecule has 31 heavy (non-hydrogen) atoms. The van der Waals surface area contributed by atoms with Gasteiger partial charge in [0.15, 0.2) is 5.65 Å². The number of fused-ring (bicyclic) bond motifs is 1. The van der Waals surface area contributed by atoms with E-state index in [-0.39, 0.29) is 34.5 Å². The van der Waals surface area contributed by atoms with Gasteiger partial charge >= 0.3 is 5.69 Å². The third-order valence-corrected chi connectivity index (χ3v) is 5.58. The fraction of sp³-hybridized carbons (Fsp3) is 0.391. The number of aryl methyl sites for hydroxylation is 1. The standard InChI is InChI=1S/C23H26N4O4/c1-4-27-20-19(22(29)26-23(27)30)17(12-18(25-20)15-8-9-15)21(28)24-13(2)10-14-6-5-7-16(11-14)31-3/h5-7,11-13,15H,4,8-10H2,1-3H3,(H,24,28)(H,26,29,30). The Morgan fingerprint density at radius 2 is 2.10 bits per heavy atom. The Kier molecular flexibility index (Phi) is 5.63. The fourth-order valence-electron chi connectivity index (χ4n) is 3.86. The number of nitrogens with zero attached hydrogens (tertiary/aromatic N) is 2. The lowest BCUT2D eigenvalue weighted by Crippen LogP contribution is -2.36. The number of ether oxygens (including phenoxy) is 1. The van der Waals surface area contributed by atoms with Crippen LogP contribution in [0.4, 0.5) is 0 Å². The summed E-state index contributed by atoms with van der Waals surface area (Å²) in [4.78, 5) is 45.0. The Balaban J connectivity index is 1.70. The van der Waals surface area contributed by atoms with E-state index >= 15 is 0 Å². The molecule has 1 fully saturated rings. The first-order chi connectivity index (χ1) is 14.9. The normalized spacial score (nSPS) is 14.4. The van der Waals surface area contributed by atoms with E-state index < -0.39 is 11.2 Å². The minimum Gasteiger partial charge on any atom is -0.497 e. The van der Waals surface area contributed by atoms with Crippen LogP contribution in [0.15, 0.2) is 39.9 Å². The van der Waals surface area contributed by atoms with E-state index in [9.17, 15) is 14.4 Å². The van der Waals surface area contributed by atoms with Gasteiger partial charge in [-0.25, -0.2) is 9.78 Å². The zero-order valence-corrected chi connectivity index (χ0v) is 17.9. The van der Waals surface area contributed by atoms with Gasteiger partial charge in [0.1, 0.15) is 5.75 Å². The van der Waals surface area contributed by atoms with Gasteiger partial charge < -0.3 is 10.1 Å². The molecule has 2 N–H and O–H groups in total. The van der Waals surface area contributed by atoms with E-state index in [1.165, 1.54) is 4.57 Å². The highest BCUT2D eigenvalue weighted by Gasteiger charge is 2.29. The predicted molar refractivity (Wildman–Crippen MR) is 118 cm³/mol. The van der Waals surface area contributed by atoms with E-state index in [1.54, 1.807) is 20.1 Å². The maximum atomic E-state index is 13.2. The Morgan fingerprint density at radius 1 is 1.32 bits per heavy atom. The van der Waals surface area contributed by atoms with E-state index in [0.29, 0.717) is 13.0 Å². The highest BCUT2D eigenvalue weighted by Crippen LogP contribution is 2.39. The van der Waals surface area contributed by atoms with Crippen LogP contribution in [-0.4, -0.2) is 33.6 Å². The second-order valence-electron chi connectivity index (χ2n) is 8.00. The molecule has 1 aromatic carbocycles. The van der Waals surface area contributed by atoms with Crippen LogP contribution in [0.25, 0.3) is 11.0 Å². The average molecular weight is 422 g/mol. The first-order valence-corrected chi connectivity index (χ1v) is 10.5. The zero-order chi connectivity index (χ0) is 22.1. The number of aromatic nitrogens is 3. The van der Waals surface area contributed by atoms with Gasteiger partial charge in [-0.2, -0.15) is 0 Å². The Hall–Kier alpha value is -3.42. The Morgan fingerprint density at radius 3 is 2.77 bits per heavy atom. The smallest absolute Gasteiger partial charge is 0.329 e. The highest BCUT2D eigenvalue weighted by molar-refractivity contribution is 6.05. The minimum absolute atomic E-state index is 0.150. The molecule has 8 nitrogen and oxygen atoms in total. The molecule has 0 aliphatic heterocycles. The van der Waals surface area contributed by atoms with Crippen LogP contribution in [-0.2, 0) is 13.0 Å². The summed E-state index contributed by atoms with van der Waals surface area (Å²) < 4.78 is 6.66. The summed E-state index contributed by atoms with van der Waals surface area (Å²) >= 11 is 0. The van der Waals surface area contributed by atoms with Crippen LogP contribution in [0, 0.1) is 0 Å². The first kappa shape index (κ1) is 20.8. The van der Waals surface area contributed by atoms with E-state index in [0.717, 1.165) is 29.8 Å². The van der Waals surface area contributed by atoms with Crippen LogP contribution < -0.4 is 21.3 Å². The molecule has 1 unspecified atom stereocenters. The fourth-order valence-corrected chi connectivity index (χ4v) is 3.86. The van der Waals surface area contributed by atoms with Crippen LogP contribution in [0.1, 0.15) is 54.2 Å². The number of H-pyrrole nitrogens is 1. The quantitative estimate of drug-likeness (QED) is 0.608. The third-order valence-electron chi connectivity index (χ3n) is 5.58. The van der Waals surface area contributed by atoms with E-state index in [4.69, 9.17) is 4.74 Å². The third kappa shape index (κ3) is 4.23. The largest absolute Gasteiger partial charge is 0.497 e. The van der Waals surface area contributed by atoms with E-state index in [2.05, 4.69) is 15.3 Å². The number of hydrogen-bond acceptors (Lipinski definition) is 5. The lowest BCUT2D eigenvalue weighted by atomic mass is 10.0. The maximum absolute atomic E-state index is 13.2. The number of aromatic amines is 1. The monoisotopic (exact) mass is 422 g/mol. The molecule has 1 amide bonds. The molecule has 0 radical (unpaired) electrons. The number of rotatable bonds is 7. The lowest BCUT2D eigenvalue weighted by molar-refractivity contribution is 0.0941. The van der Waals surface area contributed by atoms with Crippen LogP contribution in [0.5, 0.6) is 5.75 Å². The van der Waals surface area contributed by atoms with Crippen LogP contribution >= 0.6 is 0 Å². The molecule has 1 saturated carbocycles. The number of pyridine rings is 1. The number of benzene rings is 1. The van der Waals surface area contributed by atoms with Crippen molar-refractivity contribution >= 4 is 16.9 Å². The molecule has 3 aromatic rings. The molecule has 2 heterocycles. The molecule has 162 valence electrons. The highest BCUT2D eigenvalue weighted by atomic mass is 16.5. The molecule has 8 heteroatoms. The summed E-state index contributed by atoms with van der Waals surface area (Å²) in [6.45, 7) is 4.07.